The van der Waals surface area contributed by atoms with Gasteiger partial charge in [-0.05, 0) is 46.8 Å². The largest absolute Gasteiger partial charge is 0.444 e. The third-order valence-corrected chi connectivity index (χ3v) is 5.47. The van der Waals surface area contributed by atoms with E-state index in [0.29, 0.717) is 18.7 Å². The van der Waals surface area contributed by atoms with Crippen molar-refractivity contribution >= 4 is 22.8 Å². The predicted octanol–water partition coefficient (Wildman–Crippen LogP) is 3.52. The first kappa shape index (κ1) is 21.6. The van der Waals surface area contributed by atoms with Crippen LogP contribution < -0.4 is 4.90 Å². The molecule has 0 aliphatic carbocycles. The number of hydrogen-bond donors (Lipinski definition) is 0. The van der Waals surface area contributed by atoms with Gasteiger partial charge in [0.2, 0.25) is 0 Å². The summed E-state index contributed by atoms with van der Waals surface area (Å²) in [5, 5.41) is 14.3. The minimum Gasteiger partial charge on any atom is -0.444 e. The summed E-state index contributed by atoms with van der Waals surface area (Å²) in [5.41, 5.74) is 1.48. The van der Waals surface area contributed by atoms with E-state index in [1.54, 1.807) is 22.1 Å². The van der Waals surface area contributed by atoms with E-state index in [1.165, 1.54) is 6.20 Å². The zero-order valence-electron chi connectivity index (χ0n) is 19.0. The molecule has 2 aromatic heterocycles. The Morgan fingerprint density at radius 2 is 1.97 bits per heavy atom. The molecule has 0 saturated carbocycles. The fourth-order valence-corrected chi connectivity index (χ4v) is 3.98. The van der Waals surface area contributed by atoms with Crippen molar-refractivity contribution < 1.29 is 9.53 Å². The van der Waals surface area contributed by atoms with Crippen molar-refractivity contribution in [3.63, 3.8) is 0 Å². The fraction of sp³-hybridized carbons (Fsp3) is 0.435. The molecule has 3 heterocycles. The molecule has 0 N–H and O–H groups in total. The number of anilines is 1. The van der Waals surface area contributed by atoms with Crippen LogP contribution in [0.15, 0.2) is 36.9 Å². The van der Waals surface area contributed by atoms with Gasteiger partial charge < -0.3 is 14.5 Å². The summed E-state index contributed by atoms with van der Waals surface area (Å²) >= 11 is 0. The van der Waals surface area contributed by atoms with Gasteiger partial charge in [-0.3, -0.25) is 0 Å². The van der Waals surface area contributed by atoms with Crippen molar-refractivity contribution in [2.75, 3.05) is 18.0 Å². The van der Waals surface area contributed by atoms with Crippen LogP contribution in [0.4, 0.5) is 10.6 Å². The Kier molecular flexibility index (Phi) is 5.46. The molecule has 0 spiro atoms. The third kappa shape index (κ3) is 4.08. The molecule has 3 aromatic rings. The van der Waals surface area contributed by atoms with Crippen molar-refractivity contribution in [1.29, 1.82) is 5.26 Å². The number of fused-ring (bicyclic) bond motifs is 1. The van der Waals surface area contributed by atoms with Crippen LogP contribution in [0.5, 0.6) is 0 Å². The summed E-state index contributed by atoms with van der Waals surface area (Å²) in [6.45, 7) is 10.9. The number of benzene rings is 1. The van der Waals surface area contributed by atoms with E-state index in [1.807, 2.05) is 45.9 Å². The van der Waals surface area contributed by atoms with Crippen LogP contribution in [-0.2, 0) is 4.74 Å². The first-order valence-corrected chi connectivity index (χ1v) is 10.6. The molecular formula is C23H27N7O2. The maximum absolute atomic E-state index is 12.7. The normalized spacial score (nSPS) is 19.1. The van der Waals surface area contributed by atoms with Crippen molar-refractivity contribution in [3.8, 4) is 11.8 Å². The maximum atomic E-state index is 12.7. The van der Waals surface area contributed by atoms with Gasteiger partial charge in [0.1, 0.15) is 29.3 Å². The van der Waals surface area contributed by atoms with Crippen LogP contribution in [0.2, 0.25) is 0 Å². The summed E-state index contributed by atoms with van der Waals surface area (Å²) in [7, 11) is 0. The van der Waals surface area contributed by atoms with E-state index in [-0.39, 0.29) is 18.2 Å². The number of ether oxygens (including phenoxy) is 1. The van der Waals surface area contributed by atoms with Crippen molar-refractivity contribution in [2.45, 2.75) is 52.3 Å². The number of hydrogen-bond acceptors (Lipinski definition) is 7. The zero-order chi connectivity index (χ0) is 23.0. The molecule has 2 atom stereocenters. The van der Waals surface area contributed by atoms with Gasteiger partial charge in [-0.2, -0.15) is 10.4 Å². The van der Waals surface area contributed by atoms with Gasteiger partial charge in [-0.1, -0.05) is 6.07 Å². The molecule has 1 amide bonds. The molecule has 166 valence electrons. The van der Waals surface area contributed by atoms with E-state index in [4.69, 9.17) is 10.00 Å². The van der Waals surface area contributed by atoms with Gasteiger partial charge in [-0.15, -0.1) is 0 Å². The smallest absolute Gasteiger partial charge is 0.410 e. The first-order valence-electron chi connectivity index (χ1n) is 10.6. The van der Waals surface area contributed by atoms with Gasteiger partial charge >= 0.3 is 6.09 Å². The van der Waals surface area contributed by atoms with Gasteiger partial charge in [0.15, 0.2) is 0 Å². The fourth-order valence-electron chi connectivity index (χ4n) is 3.98. The molecule has 0 radical (unpaired) electrons. The van der Waals surface area contributed by atoms with E-state index < -0.39 is 5.60 Å². The first-order chi connectivity index (χ1) is 15.2. The van der Waals surface area contributed by atoms with Gasteiger partial charge in [0.05, 0.1) is 17.4 Å². The minimum atomic E-state index is -0.533. The van der Waals surface area contributed by atoms with E-state index >= 15 is 0 Å². The number of nitriles is 1. The Morgan fingerprint density at radius 3 is 2.66 bits per heavy atom. The highest BCUT2D eigenvalue weighted by atomic mass is 16.6. The number of carbonyl (C=O) groups is 1. The molecular weight excluding hydrogens is 406 g/mol. The molecule has 1 aliphatic heterocycles. The second-order valence-corrected chi connectivity index (χ2v) is 9.14. The lowest BCUT2D eigenvalue weighted by Gasteiger charge is -2.44. The molecule has 1 fully saturated rings. The maximum Gasteiger partial charge on any atom is 0.410 e. The number of piperazine rings is 1. The van der Waals surface area contributed by atoms with Crippen molar-refractivity contribution in [1.82, 2.24) is 24.6 Å². The Balaban J connectivity index is 1.67. The number of carbonyl (C=O) groups excluding carboxylic acids is 1. The van der Waals surface area contributed by atoms with Gasteiger partial charge in [0.25, 0.3) is 0 Å². The lowest BCUT2D eigenvalue weighted by atomic mass is 10.1. The molecule has 1 aromatic carbocycles. The summed E-state index contributed by atoms with van der Waals surface area (Å²) in [6.07, 6.45) is 4.47. The van der Waals surface area contributed by atoms with Crippen LogP contribution >= 0.6 is 0 Å². The topological polar surface area (TPSA) is 100 Å². The highest BCUT2D eigenvalue weighted by Crippen LogP contribution is 2.31. The number of rotatable bonds is 2. The number of amides is 1. The van der Waals surface area contributed by atoms with E-state index in [2.05, 4.69) is 33.0 Å². The molecule has 9 heteroatoms. The Labute approximate surface area is 187 Å². The molecule has 9 nitrogen and oxygen atoms in total. The number of nitrogens with zero attached hydrogens (tertiary/aromatic N) is 7. The second kappa shape index (κ2) is 8.11. The SMILES string of the molecule is C[C@@H]1CN(c2ncnc3c(-n4cc(C#N)cn4)cccc23)[C@@H](C)CN1C(=O)OC(C)(C)C. The lowest BCUT2D eigenvalue weighted by Crippen LogP contribution is -2.59. The minimum absolute atomic E-state index is 0.0374. The zero-order valence-corrected chi connectivity index (χ0v) is 19.0. The summed E-state index contributed by atoms with van der Waals surface area (Å²) in [5.74, 6) is 0.813. The highest BCUT2D eigenvalue weighted by Gasteiger charge is 2.35. The highest BCUT2D eigenvalue weighted by molar-refractivity contribution is 5.94. The Bertz CT molecular complexity index is 1190. The summed E-state index contributed by atoms with van der Waals surface area (Å²) in [4.78, 5) is 25.8. The van der Waals surface area contributed by atoms with Crippen molar-refractivity contribution in [2.24, 2.45) is 0 Å². The van der Waals surface area contributed by atoms with Crippen LogP contribution in [0.1, 0.15) is 40.2 Å². The van der Waals surface area contributed by atoms with Gasteiger partial charge in [-0.25, -0.2) is 19.4 Å². The summed E-state index contributed by atoms with van der Waals surface area (Å²) in [6, 6.07) is 7.93. The molecule has 1 saturated heterocycles. The number of para-hydroxylation sites is 1. The molecule has 0 bridgehead atoms. The molecule has 1 aliphatic rings. The van der Waals surface area contributed by atoms with Crippen LogP contribution in [0.25, 0.3) is 16.6 Å². The average Bonchev–Trinajstić information content (AvgIpc) is 3.22. The Hall–Kier alpha value is -3.67. The Morgan fingerprint density at radius 1 is 1.19 bits per heavy atom. The van der Waals surface area contributed by atoms with E-state index in [9.17, 15) is 4.79 Å². The van der Waals surface area contributed by atoms with E-state index in [0.717, 1.165) is 22.4 Å². The predicted molar refractivity (Wildman–Crippen MR) is 121 cm³/mol. The second-order valence-electron chi connectivity index (χ2n) is 9.14. The average molecular weight is 434 g/mol. The molecule has 0 unspecified atom stereocenters. The lowest BCUT2D eigenvalue weighted by molar-refractivity contribution is 0.0130. The van der Waals surface area contributed by atoms with Crippen LogP contribution in [0, 0.1) is 11.3 Å². The third-order valence-electron chi connectivity index (χ3n) is 5.47. The standard InChI is InChI=1S/C23H27N7O2/c1-15-12-29(22(31)32-23(3,4)5)16(2)11-28(15)21-18-7-6-8-19(20(18)25-14-26-21)30-13-17(9-24)10-27-30/h6-8,10,13-16H,11-12H2,1-5H3/t15-,16+/m0/s1. The van der Waals surface area contributed by atoms with Crippen LogP contribution in [-0.4, -0.2) is 61.5 Å². The number of aromatic nitrogens is 4. The van der Waals surface area contributed by atoms with Crippen molar-refractivity contribution in [3.05, 3.63) is 42.5 Å². The van der Waals surface area contributed by atoms with Crippen LogP contribution in [0.3, 0.4) is 0 Å². The summed E-state index contributed by atoms with van der Waals surface area (Å²) < 4.78 is 7.25. The quantitative estimate of drug-likeness (QED) is 0.609. The molecule has 4 rings (SSSR count). The monoisotopic (exact) mass is 433 g/mol. The van der Waals surface area contributed by atoms with Gasteiger partial charge in [0, 0.05) is 36.8 Å². The molecule has 32 heavy (non-hydrogen) atoms.